The average molecular weight is 526 g/mol. The lowest BCUT2D eigenvalue weighted by Gasteiger charge is -2.33. The highest BCUT2D eigenvalue weighted by molar-refractivity contribution is 7.92. The molecule has 196 valence electrons. The number of likely N-dealkylation sites (N-methyl/N-ethyl adjacent to an activating group) is 1. The van der Waals surface area contributed by atoms with Crippen LogP contribution in [0.4, 0.5) is 10.1 Å². The van der Waals surface area contributed by atoms with Crippen LogP contribution in [0.3, 0.4) is 0 Å². The summed E-state index contributed by atoms with van der Waals surface area (Å²) in [5.74, 6) is -1.34. The number of rotatable bonds is 11. The summed E-state index contributed by atoms with van der Waals surface area (Å²) in [6.07, 6.45) is 0.865. The van der Waals surface area contributed by atoms with Gasteiger partial charge in [-0.25, -0.2) is 12.8 Å². The fourth-order valence-corrected chi connectivity index (χ4v) is 5.63. The number of hydrogen-bond donors (Lipinski definition) is 1. The number of carbonyl (C=O) groups excluding carboxylic acids is 2. The summed E-state index contributed by atoms with van der Waals surface area (Å²) in [4.78, 5) is 28.0. The van der Waals surface area contributed by atoms with Crippen molar-refractivity contribution in [3.05, 3.63) is 95.8 Å². The van der Waals surface area contributed by atoms with E-state index < -0.39 is 34.3 Å². The van der Waals surface area contributed by atoms with Crippen LogP contribution in [-0.2, 0) is 32.6 Å². The molecule has 7 nitrogen and oxygen atoms in total. The van der Waals surface area contributed by atoms with Crippen molar-refractivity contribution in [2.24, 2.45) is 0 Å². The second kappa shape index (κ2) is 12.5. The summed E-state index contributed by atoms with van der Waals surface area (Å²) < 4.78 is 42.2. The van der Waals surface area contributed by atoms with Crippen molar-refractivity contribution in [2.75, 3.05) is 17.9 Å². The van der Waals surface area contributed by atoms with Gasteiger partial charge in [0.1, 0.15) is 18.4 Å². The maximum Gasteiger partial charge on any atom is 0.264 e. The van der Waals surface area contributed by atoms with Gasteiger partial charge in [-0.3, -0.25) is 13.9 Å². The van der Waals surface area contributed by atoms with Crippen molar-refractivity contribution < 1.29 is 22.4 Å². The Morgan fingerprint density at radius 2 is 1.54 bits per heavy atom. The first kappa shape index (κ1) is 27.9. The molecule has 1 unspecified atom stereocenters. The van der Waals surface area contributed by atoms with E-state index in [0.29, 0.717) is 24.1 Å². The van der Waals surface area contributed by atoms with Crippen molar-refractivity contribution in [2.45, 2.75) is 44.2 Å². The van der Waals surface area contributed by atoms with E-state index in [1.807, 2.05) is 19.1 Å². The molecule has 1 N–H and O–H groups in total. The minimum atomic E-state index is -4.12. The van der Waals surface area contributed by atoms with E-state index in [-0.39, 0.29) is 17.3 Å². The predicted molar refractivity (Wildman–Crippen MR) is 142 cm³/mol. The monoisotopic (exact) mass is 525 g/mol. The molecule has 0 aliphatic rings. The van der Waals surface area contributed by atoms with Gasteiger partial charge in [-0.15, -0.1) is 0 Å². The normalized spacial score (nSPS) is 12.0. The Bertz CT molecular complexity index is 1310. The lowest BCUT2D eigenvalue weighted by atomic mass is 10.1. The van der Waals surface area contributed by atoms with E-state index in [0.717, 1.165) is 9.87 Å². The molecule has 2 amide bonds. The summed E-state index contributed by atoms with van der Waals surface area (Å²) in [7, 11) is -2.63. The zero-order valence-electron chi connectivity index (χ0n) is 21.2. The van der Waals surface area contributed by atoms with Gasteiger partial charge < -0.3 is 10.2 Å². The standard InChI is InChI=1S/C28H32FN3O4S/c1-4-22-11-9-10-14-26(22)32(37(35,36)24-12-7-6-8-13-24)20-27(33)31(25(5-2)28(34)30-3)19-21-15-17-23(29)18-16-21/h6-18,25H,4-5,19-20H2,1-3H3,(H,30,34). The number of amides is 2. The highest BCUT2D eigenvalue weighted by atomic mass is 32.2. The number of sulfonamides is 1. The topological polar surface area (TPSA) is 86.8 Å². The highest BCUT2D eigenvalue weighted by Crippen LogP contribution is 2.28. The molecule has 0 spiro atoms. The molecule has 3 aromatic rings. The molecule has 0 radical (unpaired) electrons. The number of nitrogens with one attached hydrogen (secondary N) is 1. The van der Waals surface area contributed by atoms with Crippen LogP contribution in [0.2, 0.25) is 0 Å². The number of carbonyl (C=O) groups is 2. The fraction of sp³-hybridized carbons (Fsp3) is 0.286. The Kier molecular flexibility index (Phi) is 9.41. The molecular weight excluding hydrogens is 493 g/mol. The third-order valence-electron chi connectivity index (χ3n) is 6.15. The first-order valence-electron chi connectivity index (χ1n) is 12.1. The Morgan fingerprint density at radius 3 is 2.14 bits per heavy atom. The van der Waals surface area contributed by atoms with Crippen LogP contribution in [0.5, 0.6) is 0 Å². The molecule has 3 rings (SSSR count). The van der Waals surface area contributed by atoms with Gasteiger partial charge in [0.2, 0.25) is 11.8 Å². The molecule has 37 heavy (non-hydrogen) atoms. The second-order valence-corrected chi connectivity index (χ2v) is 10.4. The summed E-state index contributed by atoms with van der Waals surface area (Å²) in [6, 6.07) is 19.8. The summed E-state index contributed by atoms with van der Waals surface area (Å²) in [5.41, 5.74) is 1.78. The van der Waals surface area contributed by atoms with Gasteiger partial charge in [0.25, 0.3) is 10.0 Å². The lowest BCUT2D eigenvalue weighted by molar-refractivity contribution is -0.140. The Hall–Kier alpha value is -3.72. The van der Waals surface area contributed by atoms with Gasteiger partial charge in [-0.1, -0.05) is 62.4 Å². The second-order valence-electron chi connectivity index (χ2n) is 8.49. The number of hydrogen-bond acceptors (Lipinski definition) is 4. The summed E-state index contributed by atoms with van der Waals surface area (Å²) in [5, 5.41) is 2.58. The molecule has 1 atom stereocenters. The quantitative estimate of drug-likeness (QED) is 0.408. The minimum Gasteiger partial charge on any atom is -0.357 e. The molecule has 0 fully saturated rings. The van der Waals surface area contributed by atoms with Gasteiger partial charge in [-0.2, -0.15) is 0 Å². The maximum absolute atomic E-state index is 13.9. The van der Waals surface area contributed by atoms with Gasteiger partial charge in [-0.05, 0) is 54.3 Å². The Balaban J connectivity index is 2.08. The molecule has 9 heteroatoms. The molecule has 0 bridgehead atoms. The summed E-state index contributed by atoms with van der Waals surface area (Å²) in [6.45, 7) is 3.19. The SMILES string of the molecule is CCc1ccccc1N(CC(=O)N(Cc1ccc(F)cc1)C(CC)C(=O)NC)S(=O)(=O)c1ccccc1. The third-order valence-corrected chi connectivity index (χ3v) is 7.92. The minimum absolute atomic E-state index is 0.0136. The van der Waals surface area contributed by atoms with E-state index in [9.17, 15) is 22.4 Å². The largest absolute Gasteiger partial charge is 0.357 e. The van der Waals surface area contributed by atoms with E-state index in [1.165, 1.54) is 48.3 Å². The van der Waals surface area contributed by atoms with Crippen LogP contribution in [-0.4, -0.2) is 44.8 Å². The Labute approximate surface area is 218 Å². The number of para-hydroxylation sites is 1. The fourth-order valence-electron chi connectivity index (χ4n) is 4.16. The zero-order valence-corrected chi connectivity index (χ0v) is 22.0. The van der Waals surface area contributed by atoms with Crippen molar-refractivity contribution in [1.29, 1.82) is 0 Å². The lowest BCUT2D eigenvalue weighted by Crippen LogP contribution is -2.51. The van der Waals surface area contributed by atoms with Crippen molar-refractivity contribution in [3.63, 3.8) is 0 Å². The molecule has 0 aliphatic heterocycles. The van der Waals surface area contributed by atoms with Gasteiger partial charge in [0.05, 0.1) is 10.6 Å². The molecule has 0 saturated carbocycles. The van der Waals surface area contributed by atoms with E-state index in [4.69, 9.17) is 0 Å². The number of halogens is 1. The van der Waals surface area contributed by atoms with E-state index in [1.54, 1.807) is 37.3 Å². The van der Waals surface area contributed by atoms with E-state index in [2.05, 4.69) is 5.32 Å². The van der Waals surface area contributed by atoms with Crippen molar-refractivity contribution in [1.82, 2.24) is 10.2 Å². The zero-order chi connectivity index (χ0) is 27.0. The van der Waals surface area contributed by atoms with Crippen LogP contribution >= 0.6 is 0 Å². The van der Waals surface area contributed by atoms with E-state index >= 15 is 0 Å². The summed E-state index contributed by atoms with van der Waals surface area (Å²) >= 11 is 0. The molecule has 0 heterocycles. The maximum atomic E-state index is 13.9. The van der Waals surface area contributed by atoms with Crippen LogP contribution in [0.25, 0.3) is 0 Å². The van der Waals surface area contributed by atoms with Crippen molar-refractivity contribution >= 4 is 27.5 Å². The molecular formula is C28H32FN3O4S. The molecule has 0 saturated heterocycles. The number of benzene rings is 3. The first-order valence-corrected chi connectivity index (χ1v) is 13.6. The molecule has 0 aliphatic carbocycles. The first-order chi connectivity index (χ1) is 17.7. The Morgan fingerprint density at radius 1 is 0.919 bits per heavy atom. The number of anilines is 1. The smallest absolute Gasteiger partial charge is 0.264 e. The van der Waals surface area contributed by atoms with Crippen LogP contribution in [0.15, 0.2) is 83.8 Å². The van der Waals surface area contributed by atoms with Gasteiger partial charge in [0, 0.05) is 13.6 Å². The van der Waals surface area contributed by atoms with Crippen LogP contribution < -0.4 is 9.62 Å². The predicted octanol–water partition coefficient (Wildman–Crippen LogP) is 4.14. The number of nitrogens with zero attached hydrogens (tertiary/aromatic N) is 2. The van der Waals surface area contributed by atoms with Gasteiger partial charge in [0.15, 0.2) is 0 Å². The third kappa shape index (κ3) is 6.54. The van der Waals surface area contributed by atoms with Crippen molar-refractivity contribution in [3.8, 4) is 0 Å². The highest BCUT2D eigenvalue weighted by Gasteiger charge is 2.34. The molecule has 0 aromatic heterocycles. The van der Waals surface area contributed by atoms with Crippen LogP contribution in [0.1, 0.15) is 31.4 Å². The van der Waals surface area contributed by atoms with Gasteiger partial charge >= 0.3 is 0 Å². The molecule has 3 aromatic carbocycles. The average Bonchev–Trinajstić information content (AvgIpc) is 2.92. The van der Waals surface area contributed by atoms with Crippen LogP contribution in [0, 0.1) is 5.82 Å². The number of aryl methyl sites for hydroxylation is 1.